The van der Waals surface area contributed by atoms with Crippen LogP contribution in [0.2, 0.25) is 0 Å². The average Bonchev–Trinajstić information content (AvgIpc) is 2.85. The van der Waals surface area contributed by atoms with Crippen molar-refractivity contribution in [2.75, 3.05) is 7.11 Å². The van der Waals surface area contributed by atoms with E-state index in [0.29, 0.717) is 24.0 Å². The van der Waals surface area contributed by atoms with Crippen molar-refractivity contribution >= 4 is 17.7 Å². The Morgan fingerprint density at radius 2 is 1.95 bits per heavy atom. The number of esters is 1. The van der Waals surface area contributed by atoms with Crippen molar-refractivity contribution in [3.63, 3.8) is 0 Å². The van der Waals surface area contributed by atoms with Gasteiger partial charge in [0.15, 0.2) is 5.78 Å². The number of ether oxygens (including phenoxy) is 1. The van der Waals surface area contributed by atoms with Crippen LogP contribution in [-0.2, 0) is 16.0 Å². The van der Waals surface area contributed by atoms with Gasteiger partial charge in [0.2, 0.25) is 0 Å². The minimum absolute atomic E-state index is 0.0630. The van der Waals surface area contributed by atoms with Crippen LogP contribution in [0.4, 0.5) is 0 Å². The first kappa shape index (κ1) is 15.2. The summed E-state index contributed by atoms with van der Waals surface area (Å²) >= 11 is 0. The number of hydrogen-bond donors (Lipinski definition) is 1. The second kappa shape index (κ2) is 6.08. The minimum atomic E-state index is -0.699. The quantitative estimate of drug-likeness (QED) is 0.857. The lowest BCUT2D eigenvalue weighted by molar-refractivity contribution is -0.144. The lowest BCUT2D eigenvalue weighted by Crippen LogP contribution is -2.45. The maximum atomic E-state index is 12.4. The van der Waals surface area contributed by atoms with Crippen LogP contribution in [0.5, 0.6) is 0 Å². The van der Waals surface area contributed by atoms with Gasteiger partial charge in [0.1, 0.15) is 6.04 Å². The van der Waals surface area contributed by atoms with Gasteiger partial charge < -0.3 is 10.1 Å². The number of carbonyl (C=O) groups is 3. The molecule has 5 heteroatoms. The third-order valence-electron chi connectivity index (χ3n) is 3.73. The molecule has 0 bridgehead atoms. The van der Waals surface area contributed by atoms with Crippen molar-refractivity contribution in [3.8, 4) is 0 Å². The molecule has 2 rings (SSSR count). The van der Waals surface area contributed by atoms with E-state index in [1.165, 1.54) is 7.11 Å². The molecular weight excluding hydrogens is 270 g/mol. The summed E-state index contributed by atoms with van der Waals surface area (Å²) in [6.45, 7) is 3.67. The fourth-order valence-electron chi connectivity index (χ4n) is 2.55. The Labute approximate surface area is 123 Å². The van der Waals surface area contributed by atoms with Gasteiger partial charge in [-0.15, -0.1) is 0 Å². The zero-order chi connectivity index (χ0) is 15.6. The van der Waals surface area contributed by atoms with Gasteiger partial charge in [-0.1, -0.05) is 26.0 Å². The summed E-state index contributed by atoms with van der Waals surface area (Å²) in [5.74, 6) is -0.833. The number of hydrogen-bond acceptors (Lipinski definition) is 4. The Hall–Kier alpha value is -2.17. The molecule has 0 radical (unpaired) electrons. The molecule has 5 nitrogen and oxygen atoms in total. The van der Waals surface area contributed by atoms with E-state index in [-0.39, 0.29) is 17.6 Å². The molecule has 1 aromatic rings. The molecule has 1 N–H and O–H groups in total. The Bertz CT molecular complexity index is 592. The third-order valence-corrected chi connectivity index (χ3v) is 3.73. The smallest absolute Gasteiger partial charge is 0.328 e. The summed E-state index contributed by atoms with van der Waals surface area (Å²) < 4.78 is 4.71. The van der Waals surface area contributed by atoms with Gasteiger partial charge in [0.25, 0.3) is 5.91 Å². The van der Waals surface area contributed by atoms with Gasteiger partial charge >= 0.3 is 5.97 Å². The number of nitrogens with one attached hydrogen (secondary N) is 1. The minimum Gasteiger partial charge on any atom is -0.467 e. The second-order valence-corrected chi connectivity index (χ2v) is 5.47. The van der Waals surface area contributed by atoms with Gasteiger partial charge in [-0.05, 0) is 24.0 Å². The zero-order valence-electron chi connectivity index (χ0n) is 12.4. The molecule has 1 aliphatic carbocycles. The molecule has 0 heterocycles. The first-order chi connectivity index (χ1) is 9.95. The van der Waals surface area contributed by atoms with Crippen LogP contribution in [0.25, 0.3) is 0 Å². The highest BCUT2D eigenvalue weighted by molar-refractivity contribution is 6.06. The van der Waals surface area contributed by atoms with Gasteiger partial charge in [-0.2, -0.15) is 0 Å². The van der Waals surface area contributed by atoms with Crippen LogP contribution in [0.3, 0.4) is 0 Å². The second-order valence-electron chi connectivity index (χ2n) is 5.47. The SMILES string of the molecule is COC(=O)[C@@H](NC(=O)c1cccc2c1CCC2=O)C(C)C. The first-order valence-corrected chi connectivity index (χ1v) is 6.99. The fraction of sp³-hybridized carbons (Fsp3) is 0.438. The van der Waals surface area contributed by atoms with Gasteiger partial charge in [-0.25, -0.2) is 4.79 Å². The number of fused-ring (bicyclic) bond motifs is 1. The normalized spacial score (nSPS) is 14.8. The standard InChI is InChI=1S/C16H19NO4/c1-9(2)14(16(20)21-3)17-15(19)12-6-4-5-11-10(12)7-8-13(11)18/h4-6,9,14H,7-8H2,1-3H3,(H,17,19)/t14-/m0/s1. The van der Waals surface area contributed by atoms with Crippen LogP contribution >= 0.6 is 0 Å². The highest BCUT2D eigenvalue weighted by Crippen LogP contribution is 2.25. The summed E-state index contributed by atoms with van der Waals surface area (Å²) in [5, 5.41) is 2.70. The number of benzene rings is 1. The number of ketones is 1. The van der Waals surface area contributed by atoms with E-state index in [0.717, 1.165) is 5.56 Å². The molecule has 1 amide bonds. The molecule has 0 fully saturated rings. The number of carbonyl (C=O) groups excluding carboxylic acids is 3. The number of methoxy groups -OCH3 is 1. The molecular formula is C16H19NO4. The van der Waals surface area contributed by atoms with E-state index in [1.807, 2.05) is 13.8 Å². The predicted molar refractivity (Wildman–Crippen MR) is 77.2 cm³/mol. The number of amides is 1. The van der Waals surface area contributed by atoms with E-state index in [2.05, 4.69) is 5.32 Å². The fourth-order valence-corrected chi connectivity index (χ4v) is 2.55. The molecule has 112 valence electrons. The topological polar surface area (TPSA) is 72.5 Å². The third kappa shape index (κ3) is 2.96. The Balaban J connectivity index is 2.25. The molecule has 0 unspecified atom stereocenters. The monoisotopic (exact) mass is 289 g/mol. The van der Waals surface area contributed by atoms with Gasteiger partial charge in [-0.3, -0.25) is 9.59 Å². The lowest BCUT2D eigenvalue weighted by Gasteiger charge is -2.20. The summed E-state index contributed by atoms with van der Waals surface area (Å²) in [6.07, 6.45) is 1.01. The highest BCUT2D eigenvalue weighted by atomic mass is 16.5. The maximum Gasteiger partial charge on any atom is 0.328 e. The van der Waals surface area contributed by atoms with Crippen LogP contribution in [0.15, 0.2) is 18.2 Å². The predicted octanol–water partition coefficient (Wildman–Crippen LogP) is 1.74. The molecule has 0 saturated heterocycles. The molecule has 21 heavy (non-hydrogen) atoms. The van der Waals surface area contributed by atoms with Crippen LogP contribution in [0, 0.1) is 5.92 Å². The number of Topliss-reactive ketones (excluding diaryl/α,β-unsaturated/α-hetero) is 1. The summed E-state index contributed by atoms with van der Waals surface area (Å²) in [4.78, 5) is 35.9. The van der Waals surface area contributed by atoms with Crippen molar-refractivity contribution in [2.45, 2.75) is 32.7 Å². The molecule has 1 aliphatic rings. The first-order valence-electron chi connectivity index (χ1n) is 6.99. The van der Waals surface area contributed by atoms with Crippen molar-refractivity contribution in [1.29, 1.82) is 0 Å². The van der Waals surface area contributed by atoms with Crippen LogP contribution in [0.1, 0.15) is 46.5 Å². The molecule has 0 saturated carbocycles. The highest BCUT2D eigenvalue weighted by Gasteiger charge is 2.29. The zero-order valence-corrected chi connectivity index (χ0v) is 12.4. The van der Waals surface area contributed by atoms with E-state index < -0.39 is 12.0 Å². The van der Waals surface area contributed by atoms with E-state index in [9.17, 15) is 14.4 Å². The molecule has 0 aromatic heterocycles. The van der Waals surface area contributed by atoms with Crippen molar-refractivity contribution < 1.29 is 19.1 Å². The van der Waals surface area contributed by atoms with E-state index in [4.69, 9.17) is 4.74 Å². The van der Waals surface area contributed by atoms with E-state index in [1.54, 1.807) is 18.2 Å². The maximum absolute atomic E-state index is 12.4. The molecule has 1 atom stereocenters. The van der Waals surface area contributed by atoms with Crippen molar-refractivity contribution in [3.05, 3.63) is 34.9 Å². The summed E-state index contributed by atoms with van der Waals surface area (Å²) in [7, 11) is 1.29. The Kier molecular flexibility index (Phi) is 4.40. The van der Waals surface area contributed by atoms with Gasteiger partial charge in [0.05, 0.1) is 7.11 Å². The molecule has 0 spiro atoms. The largest absolute Gasteiger partial charge is 0.467 e. The average molecular weight is 289 g/mol. The van der Waals surface area contributed by atoms with Crippen molar-refractivity contribution in [2.24, 2.45) is 5.92 Å². The van der Waals surface area contributed by atoms with E-state index >= 15 is 0 Å². The summed E-state index contributed by atoms with van der Waals surface area (Å²) in [5.41, 5.74) is 1.85. The number of rotatable bonds is 4. The Morgan fingerprint density at radius 3 is 2.57 bits per heavy atom. The summed E-state index contributed by atoms with van der Waals surface area (Å²) in [6, 6.07) is 4.42. The Morgan fingerprint density at radius 1 is 1.24 bits per heavy atom. The van der Waals surface area contributed by atoms with Crippen molar-refractivity contribution in [1.82, 2.24) is 5.32 Å². The van der Waals surface area contributed by atoms with Crippen LogP contribution in [-0.4, -0.2) is 30.8 Å². The molecule has 1 aromatic carbocycles. The lowest BCUT2D eigenvalue weighted by atomic mass is 10.0. The molecule has 0 aliphatic heterocycles. The van der Waals surface area contributed by atoms with Crippen LogP contribution < -0.4 is 5.32 Å². The van der Waals surface area contributed by atoms with Gasteiger partial charge in [0, 0.05) is 17.5 Å².